The van der Waals surface area contributed by atoms with Gasteiger partial charge in [-0.25, -0.2) is 4.79 Å². The van der Waals surface area contributed by atoms with Gasteiger partial charge >= 0.3 is 6.16 Å². The SMILES string of the molecule is COC(=O)Oc1ccc2c(c1C)SCC2=O. The second-order valence-electron chi connectivity index (χ2n) is 3.33. The van der Waals surface area contributed by atoms with Gasteiger partial charge in [-0.1, -0.05) is 0 Å². The van der Waals surface area contributed by atoms with Crippen LogP contribution in [0.25, 0.3) is 0 Å². The van der Waals surface area contributed by atoms with E-state index in [9.17, 15) is 9.59 Å². The summed E-state index contributed by atoms with van der Waals surface area (Å²) < 4.78 is 9.38. The molecule has 1 heterocycles. The lowest BCUT2D eigenvalue weighted by Gasteiger charge is -2.08. The number of carbonyl (C=O) groups is 2. The lowest BCUT2D eigenvalue weighted by atomic mass is 10.1. The van der Waals surface area contributed by atoms with Crippen molar-refractivity contribution in [2.45, 2.75) is 11.8 Å². The number of fused-ring (bicyclic) bond motifs is 1. The van der Waals surface area contributed by atoms with Crippen LogP contribution in [0.15, 0.2) is 17.0 Å². The highest BCUT2D eigenvalue weighted by atomic mass is 32.2. The van der Waals surface area contributed by atoms with Crippen LogP contribution in [0.3, 0.4) is 0 Å². The second kappa shape index (κ2) is 4.17. The maximum Gasteiger partial charge on any atom is 0.513 e. The molecule has 0 atom stereocenters. The number of carbonyl (C=O) groups excluding carboxylic acids is 2. The van der Waals surface area contributed by atoms with E-state index in [1.807, 2.05) is 6.92 Å². The summed E-state index contributed by atoms with van der Waals surface area (Å²) in [5, 5.41) is 0. The zero-order valence-corrected chi connectivity index (χ0v) is 9.72. The van der Waals surface area contributed by atoms with Gasteiger partial charge in [-0.15, -0.1) is 11.8 Å². The molecule has 4 nitrogen and oxygen atoms in total. The molecule has 0 amide bonds. The smallest absolute Gasteiger partial charge is 0.437 e. The van der Waals surface area contributed by atoms with Gasteiger partial charge in [0.05, 0.1) is 12.9 Å². The van der Waals surface area contributed by atoms with Gasteiger partial charge in [0.15, 0.2) is 5.78 Å². The number of ether oxygens (including phenoxy) is 2. The minimum atomic E-state index is -0.752. The van der Waals surface area contributed by atoms with Crippen LogP contribution in [0.4, 0.5) is 4.79 Å². The van der Waals surface area contributed by atoms with E-state index < -0.39 is 6.16 Å². The fraction of sp³-hybridized carbons (Fsp3) is 0.273. The summed E-state index contributed by atoms with van der Waals surface area (Å²) in [6.07, 6.45) is -0.752. The first kappa shape index (κ1) is 11.0. The van der Waals surface area contributed by atoms with Crippen LogP contribution in [-0.2, 0) is 4.74 Å². The summed E-state index contributed by atoms with van der Waals surface area (Å²) in [5.74, 6) is 1.01. The molecule has 1 aliphatic rings. The highest BCUT2D eigenvalue weighted by Gasteiger charge is 2.24. The van der Waals surface area contributed by atoms with Crippen LogP contribution in [0.5, 0.6) is 5.75 Å². The molecule has 1 aromatic rings. The van der Waals surface area contributed by atoms with Crippen molar-refractivity contribution in [1.29, 1.82) is 0 Å². The summed E-state index contributed by atoms with van der Waals surface area (Å²) >= 11 is 1.47. The summed E-state index contributed by atoms with van der Waals surface area (Å²) in [6.45, 7) is 1.82. The Labute approximate surface area is 96.9 Å². The van der Waals surface area contributed by atoms with Crippen LogP contribution in [0, 0.1) is 6.92 Å². The van der Waals surface area contributed by atoms with E-state index in [1.54, 1.807) is 12.1 Å². The fourth-order valence-corrected chi connectivity index (χ4v) is 2.62. The molecule has 0 aliphatic carbocycles. The summed E-state index contributed by atoms with van der Waals surface area (Å²) in [7, 11) is 1.25. The molecule has 84 valence electrons. The van der Waals surface area contributed by atoms with Crippen LogP contribution in [0.2, 0.25) is 0 Å². The lowest BCUT2D eigenvalue weighted by molar-refractivity contribution is 0.102. The molecule has 16 heavy (non-hydrogen) atoms. The van der Waals surface area contributed by atoms with Crippen molar-refractivity contribution >= 4 is 23.7 Å². The van der Waals surface area contributed by atoms with Gasteiger partial charge in [0.2, 0.25) is 0 Å². The first-order chi connectivity index (χ1) is 7.63. The predicted octanol–water partition coefficient (Wildman–Crippen LogP) is 2.43. The minimum absolute atomic E-state index is 0.118. The Morgan fingerprint density at radius 1 is 1.44 bits per heavy atom. The third-order valence-corrected chi connectivity index (χ3v) is 3.59. The number of thioether (sulfide) groups is 1. The number of Topliss-reactive ketones (excluding diaryl/α,β-unsaturated/α-hetero) is 1. The van der Waals surface area contributed by atoms with Crippen molar-refractivity contribution in [2.75, 3.05) is 12.9 Å². The summed E-state index contributed by atoms with van der Waals surface area (Å²) in [4.78, 5) is 23.3. The van der Waals surface area contributed by atoms with E-state index in [4.69, 9.17) is 4.74 Å². The average Bonchev–Trinajstić information content (AvgIpc) is 2.65. The molecule has 0 unspecified atom stereocenters. The van der Waals surface area contributed by atoms with Crippen molar-refractivity contribution in [3.8, 4) is 5.75 Å². The van der Waals surface area contributed by atoms with Gasteiger partial charge in [-0.2, -0.15) is 0 Å². The maximum atomic E-state index is 11.5. The number of hydrogen-bond acceptors (Lipinski definition) is 5. The molecular weight excluding hydrogens is 228 g/mol. The zero-order chi connectivity index (χ0) is 11.7. The van der Waals surface area contributed by atoms with Crippen LogP contribution >= 0.6 is 11.8 Å². The zero-order valence-electron chi connectivity index (χ0n) is 8.90. The number of benzene rings is 1. The van der Waals surface area contributed by atoms with Gasteiger partial charge in [0.1, 0.15) is 5.75 Å². The molecule has 1 aliphatic heterocycles. The van der Waals surface area contributed by atoms with Crippen molar-refractivity contribution in [1.82, 2.24) is 0 Å². The van der Waals surface area contributed by atoms with Crippen LogP contribution in [0.1, 0.15) is 15.9 Å². The molecule has 0 bridgehead atoms. The second-order valence-corrected chi connectivity index (χ2v) is 4.32. The minimum Gasteiger partial charge on any atom is -0.437 e. The maximum absolute atomic E-state index is 11.5. The summed E-state index contributed by atoms with van der Waals surface area (Å²) in [6, 6.07) is 3.30. The van der Waals surface area contributed by atoms with E-state index in [0.717, 1.165) is 10.5 Å². The molecule has 2 rings (SSSR count). The van der Waals surface area contributed by atoms with Gasteiger partial charge in [0, 0.05) is 16.0 Å². The Morgan fingerprint density at radius 2 is 2.19 bits per heavy atom. The molecule has 0 N–H and O–H groups in total. The highest BCUT2D eigenvalue weighted by molar-refractivity contribution is 8.00. The lowest BCUT2D eigenvalue weighted by Crippen LogP contribution is -2.08. The first-order valence-electron chi connectivity index (χ1n) is 4.69. The quantitative estimate of drug-likeness (QED) is 0.555. The molecule has 0 spiro atoms. The molecule has 0 radical (unpaired) electrons. The molecular formula is C11H10O4S. The topological polar surface area (TPSA) is 52.6 Å². The number of methoxy groups -OCH3 is 1. The number of rotatable bonds is 1. The van der Waals surface area contributed by atoms with E-state index in [2.05, 4.69) is 4.74 Å². The Bertz CT molecular complexity index is 467. The van der Waals surface area contributed by atoms with E-state index >= 15 is 0 Å². The van der Waals surface area contributed by atoms with E-state index in [0.29, 0.717) is 17.1 Å². The highest BCUT2D eigenvalue weighted by Crippen LogP contribution is 2.38. The van der Waals surface area contributed by atoms with E-state index in [1.165, 1.54) is 18.9 Å². The Balaban J connectivity index is 2.37. The van der Waals surface area contributed by atoms with Crippen molar-refractivity contribution in [3.63, 3.8) is 0 Å². The molecule has 0 saturated carbocycles. The largest absolute Gasteiger partial charge is 0.513 e. The monoisotopic (exact) mass is 238 g/mol. The Kier molecular flexibility index (Phi) is 2.87. The van der Waals surface area contributed by atoms with Crippen molar-refractivity contribution in [3.05, 3.63) is 23.3 Å². The number of ketones is 1. The normalized spacial score (nSPS) is 13.5. The molecule has 0 aromatic heterocycles. The van der Waals surface area contributed by atoms with Crippen molar-refractivity contribution in [2.24, 2.45) is 0 Å². The van der Waals surface area contributed by atoms with Gasteiger partial charge in [0.25, 0.3) is 0 Å². The van der Waals surface area contributed by atoms with Gasteiger partial charge in [-0.3, -0.25) is 4.79 Å². The number of hydrogen-bond donors (Lipinski definition) is 0. The standard InChI is InChI=1S/C11H10O4S/c1-6-9(15-11(13)14-2)4-3-7-8(12)5-16-10(6)7/h3-4H,5H2,1-2H3. The Morgan fingerprint density at radius 3 is 2.88 bits per heavy atom. The third-order valence-electron chi connectivity index (χ3n) is 2.36. The predicted molar refractivity (Wildman–Crippen MR) is 59.3 cm³/mol. The first-order valence-corrected chi connectivity index (χ1v) is 5.67. The molecule has 0 saturated heterocycles. The van der Waals surface area contributed by atoms with Crippen LogP contribution < -0.4 is 4.74 Å². The fourth-order valence-electron chi connectivity index (χ4n) is 1.54. The van der Waals surface area contributed by atoms with Gasteiger partial charge < -0.3 is 9.47 Å². The summed E-state index contributed by atoms with van der Waals surface area (Å²) in [5.41, 5.74) is 1.51. The van der Waals surface area contributed by atoms with E-state index in [-0.39, 0.29) is 5.78 Å². The van der Waals surface area contributed by atoms with Gasteiger partial charge in [-0.05, 0) is 19.1 Å². The average molecular weight is 238 g/mol. The van der Waals surface area contributed by atoms with Crippen molar-refractivity contribution < 1.29 is 19.1 Å². The third kappa shape index (κ3) is 1.78. The molecule has 1 aromatic carbocycles. The Hall–Kier alpha value is -1.49. The molecule has 0 fully saturated rings. The molecule has 5 heteroatoms. The van der Waals surface area contributed by atoms with Crippen LogP contribution in [-0.4, -0.2) is 24.8 Å².